The Kier molecular flexibility index (Phi) is 4.32. The molecule has 0 bridgehead atoms. The lowest BCUT2D eigenvalue weighted by Crippen LogP contribution is -2.02. The van der Waals surface area contributed by atoms with Crippen LogP contribution in [0.5, 0.6) is 0 Å². The molecule has 1 nitrogen and oxygen atoms in total. The van der Waals surface area contributed by atoms with Crippen molar-refractivity contribution in [2.45, 2.75) is 19.4 Å². The van der Waals surface area contributed by atoms with E-state index in [0.717, 1.165) is 12.0 Å². The Morgan fingerprint density at radius 3 is 2.64 bits per heavy atom. The molecule has 1 unspecified atom stereocenters. The van der Waals surface area contributed by atoms with Crippen molar-refractivity contribution in [3.05, 3.63) is 33.3 Å². The lowest BCUT2D eigenvalue weighted by atomic mass is 10.0. The van der Waals surface area contributed by atoms with Gasteiger partial charge in [0, 0.05) is 15.4 Å². The molecule has 4 heteroatoms. The maximum absolute atomic E-state index is 9.61. The van der Waals surface area contributed by atoms with Gasteiger partial charge in [-0.15, -0.1) is 0 Å². The SMILES string of the molecule is CCc1c(Cl)cc(Cl)cc1C(O)C=S. The molecule has 0 saturated heterocycles. The molecule has 14 heavy (non-hydrogen) atoms. The molecule has 0 aliphatic heterocycles. The monoisotopic (exact) mass is 248 g/mol. The van der Waals surface area contributed by atoms with Crippen LogP contribution in [0.15, 0.2) is 12.1 Å². The van der Waals surface area contributed by atoms with Crippen LogP contribution in [0.1, 0.15) is 24.2 Å². The first-order valence-electron chi connectivity index (χ1n) is 4.21. The van der Waals surface area contributed by atoms with E-state index in [2.05, 4.69) is 12.2 Å². The van der Waals surface area contributed by atoms with Crippen molar-refractivity contribution in [3.63, 3.8) is 0 Å². The van der Waals surface area contributed by atoms with Gasteiger partial charge in [0.05, 0.1) is 0 Å². The molecule has 0 amide bonds. The number of halogens is 2. The third kappa shape index (κ3) is 2.45. The molecular weight excluding hydrogens is 239 g/mol. The summed E-state index contributed by atoms with van der Waals surface area (Å²) in [5.41, 5.74) is 1.59. The molecule has 0 radical (unpaired) electrons. The summed E-state index contributed by atoms with van der Waals surface area (Å²) in [6, 6.07) is 3.36. The van der Waals surface area contributed by atoms with Gasteiger partial charge in [-0.05, 0) is 29.7 Å². The van der Waals surface area contributed by atoms with Crippen molar-refractivity contribution in [1.82, 2.24) is 0 Å². The van der Waals surface area contributed by atoms with Crippen LogP contribution in [-0.2, 0) is 6.42 Å². The second kappa shape index (κ2) is 5.08. The standard InChI is InChI=1S/C10H10Cl2OS/c1-2-7-8(10(13)5-14)3-6(11)4-9(7)12/h3-5,10,13H,2H2,1H3. The second-order valence-electron chi connectivity index (χ2n) is 2.89. The van der Waals surface area contributed by atoms with E-state index in [4.69, 9.17) is 23.2 Å². The number of thiocarbonyl (C=S) groups is 1. The molecule has 0 spiro atoms. The number of hydrogen-bond acceptors (Lipinski definition) is 2. The van der Waals surface area contributed by atoms with Crippen molar-refractivity contribution < 1.29 is 5.11 Å². The first-order valence-corrected chi connectivity index (χ1v) is 5.44. The maximum Gasteiger partial charge on any atom is 0.108 e. The molecule has 0 fully saturated rings. The molecular formula is C10H10Cl2OS. The van der Waals surface area contributed by atoms with Crippen molar-refractivity contribution >= 4 is 40.8 Å². The number of rotatable bonds is 3. The first-order chi connectivity index (χ1) is 6.60. The second-order valence-corrected chi connectivity index (χ2v) is 4.01. The van der Waals surface area contributed by atoms with Crippen LogP contribution in [0.3, 0.4) is 0 Å². The lowest BCUT2D eigenvalue weighted by molar-refractivity contribution is 0.253. The van der Waals surface area contributed by atoms with Crippen LogP contribution >= 0.6 is 35.4 Å². The summed E-state index contributed by atoms with van der Waals surface area (Å²) in [5.74, 6) is 0. The normalized spacial score (nSPS) is 12.6. The zero-order valence-electron chi connectivity index (χ0n) is 7.63. The van der Waals surface area contributed by atoms with Crippen LogP contribution in [0.2, 0.25) is 10.0 Å². The van der Waals surface area contributed by atoms with Crippen molar-refractivity contribution in [3.8, 4) is 0 Å². The van der Waals surface area contributed by atoms with Gasteiger partial charge in [0.15, 0.2) is 0 Å². The van der Waals surface area contributed by atoms with Gasteiger partial charge in [0.1, 0.15) is 6.10 Å². The van der Waals surface area contributed by atoms with E-state index in [0.29, 0.717) is 15.6 Å². The third-order valence-corrected chi connectivity index (χ3v) is 2.81. The number of aliphatic hydroxyl groups excluding tert-OH is 1. The Morgan fingerprint density at radius 1 is 1.50 bits per heavy atom. The van der Waals surface area contributed by atoms with E-state index < -0.39 is 6.10 Å². The summed E-state index contributed by atoms with van der Waals surface area (Å²) in [6.07, 6.45) is -0.0397. The van der Waals surface area contributed by atoms with E-state index in [9.17, 15) is 5.11 Å². The Hall–Kier alpha value is -0.150. The molecule has 1 rings (SSSR count). The Morgan fingerprint density at radius 2 is 2.14 bits per heavy atom. The minimum atomic E-state index is -0.781. The highest BCUT2D eigenvalue weighted by atomic mass is 35.5. The van der Waals surface area contributed by atoms with Crippen LogP contribution in [0.25, 0.3) is 0 Å². The number of hydrogen-bond donors (Lipinski definition) is 1. The largest absolute Gasteiger partial charge is 0.383 e. The van der Waals surface area contributed by atoms with Crippen LogP contribution in [-0.4, -0.2) is 10.5 Å². The number of benzene rings is 1. The summed E-state index contributed by atoms with van der Waals surface area (Å²) < 4.78 is 0. The third-order valence-electron chi connectivity index (χ3n) is 2.00. The first kappa shape index (κ1) is 11.9. The van der Waals surface area contributed by atoms with Gasteiger partial charge < -0.3 is 5.11 Å². The fraction of sp³-hybridized carbons (Fsp3) is 0.300. The van der Waals surface area contributed by atoms with Gasteiger partial charge in [-0.3, -0.25) is 0 Å². The van der Waals surface area contributed by atoms with Crippen LogP contribution in [0.4, 0.5) is 0 Å². The number of aliphatic hydroxyl groups is 1. The fourth-order valence-electron chi connectivity index (χ4n) is 1.33. The Labute approximate surface area is 98.7 Å². The van der Waals surface area contributed by atoms with Crippen LogP contribution < -0.4 is 0 Å². The molecule has 0 heterocycles. The maximum atomic E-state index is 9.61. The van der Waals surface area contributed by atoms with Crippen molar-refractivity contribution in [1.29, 1.82) is 0 Å². The van der Waals surface area contributed by atoms with Gasteiger partial charge in [-0.1, -0.05) is 42.3 Å². The van der Waals surface area contributed by atoms with Gasteiger partial charge >= 0.3 is 0 Å². The Bertz CT molecular complexity index is 352. The van der Waals surface area contributed by atoms with E-state index in [1.165, 1.54) is 5.37 Å². The predicted molar refractivity (Wildman–Crippen MR) is 64.5 cm³/mol. The van der Waals surface area contributed by atoms with Crippen molar-refractivity contribution in [2.75, 3.05) is 0 Å². The lowest BCUT2D eigenvalue weighted by Gasteiger charge is -2.12. The molecule has 76 valence electrons. The Balaban J connectivity index is 3.31. The van der Waals surface area contributed by atoms with Crippen molar-refractivity contribution in [2.24, 2.45) is 0 Å². The molecule has 1 aromatic rings. The summed E-state index contributed by atoms with van der Waals surface area (Å²) >= 11 is 16.5. The minimum Gasteiger partial charge on any atom is -0.383 e. The van der Waals surface area contributed by atoms with Gasteiger partial charge in [-0.25, -0.2) is 0 Å². The molecule has 0 saturated carbocycles. The predicted octanol–water partition coefficient (Wildman–Crippen LogP) is 3.59. The molecule has 0 aliphatic rings. The van der Waals surface area contributed by atoms with Gasteiger partial charge in [-0.2, -0.15) is 0 Å². The van der Waals surface area contributed by atoms with Crippen LogP contribution in [0, 0.1) is 0 Å². The van der Waals surface area contributed by atoms with E-state index >= 15 is 0 Å². The molecule has 1 atom stereocenters. The average Bonchev–Trinajstić information content (AvgIpc) is 2.15. The van der Waals surface area contributed by atoms with Gasteiger partial charge in [0.2, 0.25) is 0 Å². The summed E-state index contributed by atoms with van der Waals surface area (Å²) in [6.45, 7) is 1.97. The van der Waals surface area contributed by atoms with E-state index in [1.807, 2.05) is 6.92 Å². The zero-order chi connectivity index (χ0) is 10.7. The fourth-order valence-corrected chi connectivity index (χ4v) is 2.12. The molecule has 0 aliphatic carbocycles. The van der Waals surface area contributed by atoms with Gasteiger partial charge in [0.25, 0.3) is 0 Å². The average molecular weight is 249 g/mol. The molecule has 1 N–H and O–H groups in total. The zero-order valence-corrected chi connectivity index (χ0v) is 9.96. The summed E-state index contributed by atoms with van der Waals surface area (Å²) in [5, 5.41) is 12.0. The summed E-state index contributed by atoms with van der Waals surface area (Å²) in [4.78, 5) is 0. The van der Waals surface area contributed by atoms with E-state index in [1.54, 1.807) is 12.1 Å². The minimum absolute atomic E-state index is 0.512. The molecule has 1 aromatic carbocycles. The molecule has 0 aromatic heterocycles. The highest BCUT2D eigenvalue weighted by Gasteiger charge is 2.12. The quantitative estimate of drug-likeness (QED) is 0.826. The summed E-state index contributed by atoms with van der Waals surface area (Å²) in [7, 11) is 0. The highest BCUT2D eigenvalue weighted by Crippen LogP contribution is 2.29. The van der Waals surface area contributed by atoms with E-state index in [-0.39, 0.29) is 0 Å². The topological polar surface area (TPSA) is 20.2 Å². The smallest absolute Gasteiger partial charge is 0.108 e. The highest BCUT2D eigenvalue weighted by molar-refractivity contribution is 7.79.